The number of ether oxygens (including phenoxy) is 3. The van der Waals surface area contributed by atoms with Crippen LogP contribution in [0.25, 0.3) is 0 Å². The lowest BCUT2D eigenvalue weighted by atomic mass is 10.0. The van der Waals surface area contributed by atoms with E-state index >= 15 is 0 Å². The highest BCUT2D eigenvalue weighted by Crippen LogP contribution is 2.40. The van der Waals surface area contributed by atoms with Crippen molar-refractivity contribution in [2.75, 3.05) is 21.3 Å². The van der Waals surface area contributed by atoms with Crippen LogP contribution in [0.15, 0.2) is 29.6 Å². The standard InChI is InChI=1S/C19H25NO4S/c1-12(2)17(15-7-6-10-25-15)20-16(21)11-13-8-9-14(22-3)19(24-5)18(13)23-4/h6-10,12,17H,11H2,1-5H3,(H,20,21)/t17-/m0/s1. The van der Waals surface area contributed by atoms with E-state index in [4.69, 9.17) is 14.2 Å². The Morgan fingerprint density at radius 3 is 2.32 bits per heavy atom. The monoisotopic (exact) mass is 363 g/mol. The molecule has 1 aromatic carbocycles. The number of amides is 1. The van der Waals surface area contributed by atoms with Crippen molar-refractivity contribution in [2.45, 2.75) is 26.3 Å². The second-order valence-corrected chi connectivity index (χ2v) is 6.95. The molecule has 25 heavy (non-hydrogen) atoms. The van der Waals surface area contributed by atoms with Gasteiger partial charge in [-0.3, -0.25) is 4.79 Å². The highest BCUT2D eigenvalue weighted by Gasteiger charge is 2.22. The van der Waals surface area contributed by atoms with Gasteiger partial charge in [-0.1, -0.05) is 26.0 Å². The molecule has 0 bridgehead atoms. The van der Waals surface area contributed by atoms with Crippen LogP contribution in [-0.4, -0.2) is 27.2 Å². The predicted octanol–water partition coefficient (Wildman–Crippen LogP) is 3.83. The normalized spacial score (nSPS) is 11.9. The minimum absolute atomic E-state index is 0.00126. The van der Waals surface area contributed by atoms with Crippen LogP contribution in [0, 0.1) is 5.92 Å². The fourth-order valence-electron chi connectivity index (χ4n) is 2.73. The fourth-order valence-corrected chi connectivity index (χ4v) is 3.68. The van der Waals surface area contributed by atoms with Crippen LogP contribution in [0.5, 0.6) is 17.2 Å². The third-order valence-electron chi connectivity index (χ3n) is 3.97. The maximum Gasteiger partial charge on any atom is 0.225 e. The van der Waals surface area contributed by atoms with E-state index in [2.05, 4.69) is 19.2 Å². The molecule has 0 aliphatic rings. The molecule has 5 nitrogen and oxygen atoms in total. The average Bonchev–Trinajstić information content (AvgIpc) is 3.12. The predicted molar refractivity (Wildman–Crippen MR) is 99.8 cm³/mol. The molecule has 2 rings (SSSR count). The van der Waals surface area contributed by atoms with E-state index in [1.165, 1.54) is 0 Å². The van der Waals surface area contributed by atoms with Gasteiger partial charge in [-0.2, -0.15) is 0 Å². The summed E-state index contributed by atoms with van der Waals surface area (Å²) in [5.41, 5.74) is 0.756. The fraction of sp³-hybridized carbons (Fsp3) is 0.421. The summed E-state index contributed by atoms with van der Waals surface area (Å²) in [6.45, 7) is 4.20. The molecule has 0 saturated heterocycles. The summed E-state index contributed by atoms with van der Waals surface area (Å²) in [5.74, 6) is 1.83. The minimum Gasteiger partial charge on any atom is -0.493 e. The first kappa shape index (κ1) is 19.1. The molecule has 1 atom stereocenters. The Hall–Kier alpha value is -2.21. The van der Waals surface area contributed by atoms with E-state index in [1.54, 1.807) is 38.7 Å². The zero-order chi connectivity index (χ0) is 18.4. The first-order valence-electron chi connectivity index (χ1n) is 8.12. The third-order valence-corrected chi connectivity index (χ3v) is 4.92. The first-order chi connectivity index (χ1) is 12.0. The summed E-state index contributed by atoms with van der Waals surface area (Å²) in [4.78, 5) is 13.8. The summed E-state index contributed by atoms with van der Waals surface area (Å²) < 4.78 is 16.1. The van der Waals surface area contributed by atoms with Gasteiger partial charge >= 0.3 is 0 Å². The maximum absolute atomic E-state index is 12.6. The van der Waals surface area contributed by atoms with E-state index < -0.39 is 0 Å². The Balaban J connectivity index is 2.20. The van der Waals surface area contributed by atoms with Crippen LogP contribution in [0.2, 0.25) is 0 Å². The third kappa shape index (κ3) is 4.45. The van der Waals surface area contributed by atoms with Crippen LogP contribution >= 0.6 is 11.3 Å². The number of carbonyl (C=O) groups excluding carboxylic acids is 1. The molecular weight excluding hydrogens is 338 g/mol. The molecule has 0 radical (unpaired) electrons. The second kappa shape index (κ2) is 8.76. The van der Waals surface area contributed by atoms with Gasteiger partial charge in [0, 0.05) is 10.4 Å². The Morgan fingerprint density at radius 2 is 1.80 bits per heavy atom. The molecule has 1 N–H and O–H groups in total. The Kier molecular flexibility index (Phi) is 6.70. The van der Waals surface area contributed by atoms with Gasteiger partial charge in [0.25, 0.3) is 0 Å². The smallest absolute Gasteiger partial charge is 0.225 e. The van der Waals surface area contributed by atoms with Crippen molar-refractivity contribution in [2.24, 2.45) is 5.92 Å². The van der Waals surface area contributed by atoms with Crippen molar-refractivity contribution in [1.82, 2.24) is 5.32 Å². The van der Waals surface area contributed by atoms with Gasteiger partial charge in [-0.05, 0) is 23.4 Å². The molecule has 1 amide bonds. The van der Waals surface area contributed by atoms with Crippen molar-refractivity contribution in [3.63, 3.8) is 0 Å². The molecular formula is C19H25NO4S. The number of nitrogens with one attached hydrogen (secondary N) is 1. The number of rotatable bonds is 8. The van der Waals surface area contributed by atoms with Crippen LogP contribution in [-0.2, 0) is 11.2 Å². The number of methoxy groups -OCH3 is 3. The van der Waals surface area contributed by atoms with Gasteiger partial charge in [-0.15, -0.1) is 11.3 Å². The summed E-state index contributed by atoms with van der Waals surface area (Å²) in [5, 5.41) is 5.15. The molecule has 0 unspecified atom stereocenters. The van der Waals surface area contributed by atoms with Gasteiger partial charge in [0.15, 0.2) is 11.5 Å². The van der Waals surface area contributed by atoms with Crippen LogP contribution in [0.3, 0.4) is 0 Å². The minimum atomic E-state index is -0.0578. The number of hydrogen-bond acceptors (Lipinski definition) is 5. The van der Waals surface area contributed by atoms with Gasteiger partial charge in [0.2, 0.25) is 11.7 Å². The molecule has 0 fully saturated rings. The van der Waals surface area contributed by atoms with Crippen molar-refractivity contribution in [3.05, 3.63) is 40.1 Å². The maximum atomic E-state index is 12.6. The molecule has 136 valence electrons. The lowest BCUT2D eigenvalue weighted by Gasteiger charge is -2.22. The van der Waals surface area contributed by atoms with Crippen molar-refractivity contribution >= 4 is 17.2 Å². The zero-order valence-electron chi connectivity index (χ0n) is 15.3. The number of hydrogen-bond donors (Lipinski definition) is 1. The number of thiophene rings is 1. The number of benzene rings is 1. The van der Waals surface area contributed by atoms with E-state index in [0.29, 0.717) is 23.2 Å². The van der Waals surface area contributed by atoms with Gasteiger partial charge in [0.1, 0.15) is 0 Å². The van der Waals surface area contributed by atoms with E-state index in [-0.39, 0.29) is 18.4 Å². The van der Waals surface area contributed by atoms with Crippen LogP contribution in [0.4, 0.5) is 0 Å². The Morgan fingerprint density at radius 1 is 1.08 bits per heavy atom. The molecule has 0 spiro atoms. The topological polar surface area (TPSA) is 56.8 Å². The van der Waals surface area contributed by atoms with E-state index in [1.807, 2.05) is 23.6 Å². The lowest BCUT2D eigenvalue weighted by molar-refractivity contribution is -0.121. The van der Waals surface area contributed by atoms with Crippen molar-refractivity contribution < 1.29 is 19.0 Å². The average molecular weight is 363 g/mol. The van der Waals surface area contributed by atoms with Crippen LogP contribution < -0.4 is 19.5 Å². The molecule has 0 aliphatic heterocycles. The summed E-state index contributed by atoms with van der Waals surface area (Å²) in [6.07, 6.45) is 0.206. The van der Waals surface area contributed by atoms with Gasteiger partial charge in [0.05, 0.1) is 33.8 Å². The molecule has 0 saturated carbocycles. The second-order valence-electron chi connectivity index (χ2n) is 5.97. The van der Waals surface area contributed by atoms with E-state index in [0.717, 1.165) is 10.4 Å². The highest BCUT2D eigenvalue weighted by molar-refractivity contribution is 7.10. The summed E-state index contributed by atoms with van der Waals surface area (Å²) in [6, 6.07) is 7.66. The summed E-state index contributed by atoms with van der Waals surface area (Å²) in [7, 11) is 4.68. The molecule has 2 aromatic rings. The van der Waals surface area contributed by atoms with E-state index in [9.17, 15) is 4.79 Å². The first-order valence-corrected chi connectivity index (χ1v) is 9.00. The largest absolute Gasteiger partial charge is 0.493 e. The molecule has 6 heteroatoms. The SMILES string of the molecule is COc1ccc(CC(=O)N[C@H](c2cccs2)C(C)C)c(OC)c1OC. The van der Waals surface area contributed by atoms with Crippen LogP contribution in [0.1, 0.15) is 30.3 Å². The summed E-state index contributed by atoms with van der Waals surface area (Å²) >= 11 is 1.65. The molecule has 1 aromatic heterocycles. The van der Waals surface area contributed by atoms with Gasteiger partial charge < -0.3 is 19.5 Å². The lowest BCUT2D eigenvalue weighted by Crippen LogP contribution is -2.32. The van der Waals surface area contributed by atoms with Crippen molar-refractivity contribution in [1.29, 1.82) is 0 Å². The molecule has 0 aliphatic carbocycles. The Bertz CT molecular complexity index is 698. The molecule has 1 heterocycles. The quantitative estimate of drug-likeness (QED) is 0.774. The van der Waals surface area contributed by atoms with Gasteiger partial charge in [-0.25, -0.2) is 0 Å². The zero-order valence-corrected chi connectivity index (χ0v) is 16.1. The Labute approximate surface area is 152 Å². The van der Waals surface area contributed by atoms with Crippen molar-refractivity contribution in [3.8, 4) is 17.2 Å². The number of carbonyl (C=O) groups is 1. The highest BCUT2D eigenvalue weighted by atomic mass is 32.1.